The lowest BCUT2D eigenvalue weighted by molar-refractivity contribution is 0.0751. The molecule has 1 aliphatic carbocycles. The summed E-state index contributed by atoms with van der Waals surface area (Å²) in [6.07, 6.45) is 5.34. The number of carbonyl (C=O) groups excluding carboxylic acids is 1. The number of benzene rings is 1. The third kappa shape index (κ3) is 3.35. The van der Waals surface area contributed by atoms with E-state index < -0.39 is 0 Å². The zero-order valence-corrected chi connectivity index (χ0v) is 17.3. The van der Waals surface area contributed by atoms with Gasteiger partial charge < -0.3 is 10.2 Å². The zero-order valence-electron chi connectivity index (χ0n) is 16.5. The van der Waals surface area contributed by atoms with E-state index in [2.05, 4.69) is 41.4 Å². The van der Waals surface area contributed by atoms with Gasteiger partial charge in [0.1, 0.15) is 0 Å². The predicted octanol–water partition coefficient (Wildman–Crippen LogP) is 3.16. The number of nitrogens with one attached hydrogen (secondary N) is 1. The van der Waals surface area contributed by atoms with Gasteiger partial charge in [0, 0.05) is 24.3 Å². The minimum Gasteiger partial charge on any atom is -0.337 e. The molecule has 0 spiro atoms. The lowest BCUT2D eigenvalue weighted by Crippen LogP contribution is -2.33. The number of fused-ring (bicyclic) bond motifs is 2. The quantitative estimate of drug-likeness (QED) is 0.842. The van der Waals surface area contributed by atoms with Crippen LogP contribution >= 0.6 is 12.4 Å². The number of hydrogen-bond acceptors (Lipinski definition) is 3. The summed E-state index contributed by atoms with van der Waals surface area (Å²) in [4.78, 5) is 15.4. The number of halogens is 1. The SMILES string of the molecule is Cc1ccc(-n2nc(C(=O)N3CC[C@@H]4CNC[C@@H]4CC3)c3c2CCC3)cc1.Cl. The van der Waals surface area contributed by atoms with Gasteiger partial charge in [0.05, 0.1) is 5.69 Å². The van der Waals surface area contributed by atoms with Crippen LogP contribution < -0.4 is 5.32 Å². The maximum atomic E-state index is 13.4. The average molecular weight is 401 g/mol. The van der Waals surface area contributed by atoms with Gasteiger partial charge in [-0.2, -0.15) is 5.10 Å². The molecule has 0 radical (unpaired) electrons. The largest absolute Gasteiger partial charge is 0.337 e. The second-order valence-electron chi connectivity index (χ2n) is 8.42. The van der Waals surface area contributed by atoms with Crippen molar-refractivity contribution in [3.8, 4) is 5.69 Å². The van der Waals surface area contributed by atoms with Crippen molar-refractivity contribution in [1.82, 2.24) is 20.0 Å². The van der Waals surface area contributed by atoms with Gasteiger partial charge in [-0.25, -0.2) is 4.68 Å². The minimum atomic E-state index is 0. The summed E-state index contributed by atoms with van der Waals surface area (Å²) < 4.78 is 2.02. The molecule has 3 aliphatic rings. The summed E-state index contributed by atoms with van der Waals surface area (Å²) in [5.74, 6) is 1.62. The number of carbonyl (C=O) groups is 1. The Balaban J connectivity index is 0.00000192. The fourth-order valence-electron chi connectivity index (χ4n) is 5.08. The second kappa shape index (κ2) is 7.88. The maximum absolute atomic E-state index is 13.4. The van der Waals surface area contributed by atoms with E-state index in [1.807, 2.05) is 4.68 Å². The van der Waals surface area contributed by atoms with Gasteiger partial charge in [-0.15, -0.1) is 12.4 Å². The highest BCUT2D eigenvalue weighted by atomic mass is 35.5. The highest BCUT2D eigenvalue weighted by Gasteiger charge is 2.34. The molecule has 6 heteroatoms. The molecule has 0 bridgehead atoms. The molecule has 150 valence electrons. The molecule has 1 N–H and O–H groups in total. The monoisotopic (exact) mass is 400 g/mol. The Kier molecular flexibility index (Phi) is 5.48. The van der Waals surface area contributed by atoms with E-state index in [-0.39, 0.29) is 18.3 Å². The average Bonchev–Trinajstić information content (AvgIpc) is 3.37. The van der Waals surface area contributed by atoms with E-state index in [4.69, 9.17) is 5.10 Å². The van der Waals surface area contributed by atoms with Crippen LogP contribution in [-0.2, 0) is 12.8 Å². The van der Waals surface area contributed by atoms with Crippen LogP contribution in [0.1, 0.15) is 46.6 Å². The van der Waals surface area contributed by atoms with Crippen molar-refractivity contribution in [2.24, 2.45) is 11.8 Å². The summed E-state index contributed by atoms with van der Waals surface area (Å²) in [5.41, 5.74) is 5.43. The van der Waals surface area contributed by atoms with Crippen LogP contribution in [0.2, 0.25) is 0 Å². The first-order chi connectivity index (χ1) is 13.2. The Morgan fingerprint density at radius 1 is 1.07 bits per heavy atom. The van der Waals surface area contributed by atoms with E-state index in [0.29, 0.717) is 5.69 Å². The number of likely N-dealkylation sites (tertiary alicyclic amines) is 1. The molecular weight excluding hydrogens is 372 g/mol. The maximum Gasteiger partial charge on any atom is 0.274 e. The van der Waals surface area contributed by atoms with Crippen LogP contribution in [0.25, 0.3) is 5.69 Å². The third-order valence-corrected chi connectivity index (χ3v) is 6.72. The van der Waals surface area contributed by atoms with Crippen molar-refractivity contribution in [3.63, 3.8) is 0 Å². The fourth-order valence-corrected chi connectivity index (χ4v) is 5.08. The Labute approximate surface area is 172 Å². The number of aryl methyl sites for hydroxylation is 1. The highest BCUT2D eigenvalue weighted by Crippen LogP contribution is 2.31. The van der Waals surface area contributed by atoms with Crippen LogP contribution in [0.5, 0.6) is 0 Å². The summed E-state index contributed by atoms with van der Waals surface area (Å²) in [6, 6.07) is 8.44. The van der Waals surface area contributed by atoms with Crippen molar-refractivity contribution in [2.75, 3.05) is 26.2 Å². The number of amides is 1. The smallest absolute Gasteiger partial charge is 0.274 e. The molecule has 1 aromatic carbocycles. The molecule has 5 rings (SSSR count). The van der Waals surface area contributed by atoms with Gasteiger partial charge in [0.25, 0.3) is 5.91 Å². The molecule has 2 saturated heterocycles. The van der Waals surface area contributed by atoms with E-state index in [1.54, 1.807) is 0 Å². The Hall–Kier alpha value is -1.85. The van der Waals surface area contributed by atoms with Gasteiger partial charge in [-0.3, -0.25) is 4.79 Å². The summed E-state index contributed by atoms with van der Waals surface area (Å²) in [6.45, 7) is 6.06. The molecule has 2 aliphatic heterocycles. The first-order valence-corrected chi connectivity index (χ1v) is 10.4. The predicted molar refractivity (Wildman–Crippen MR) is 113 cm³/mol. The summed E-state index contributed by atoms with van der Waals surface area (Å²) in [7, 11) is 0. The molecule has 1 aromatic heterocycles. The van der Waals surface area contributed by atoms with E-state index >= 15 is 0 Å². The van der Waals surface area contributed by atoms with E-state index in [0.717, 1.165) is 75.8 Å². The van der Waals surface area contributed by atoms with Crippen LogP contribution in [-0.4, -0.2) is 46.8 Å². The zero-order chi connectivity index (χ0) is 18.4. The van der Waals surface area contributed by atoms with Crippen molar-refractivity contribution in [2.45, 2.75) is 39.0 Å². The van der Waals surface area contributed by atoms with Crippen LogP contribution in [0, 0.1) is 18.8 Å². The molecule has 28 heavy (non-hydrogen) atoms. The van der Waals surface area contributed by atoms with Crippen LogP contribution in [0.3, 0.4) is 0 Å². The highest BCUT2D eigenvalue weighted by molar-refractivity contribution is 5.94. The molecule has 5 nitrogen and oxygen atoms in total. The number of nitrogens with zero attached hydrogens (tertiary/aromatic N) is 3. The van der Waals surface area contributed by atoms with Gasteiger partial charge in [-0.1, -0.05) is 17.7 Å². The molecule has 2 atom stereocenters. The normalized spacial score (nSPS) is 23.7. The molecule has 2 aromatic rings. The molecule has 2 fully saturated rings. The standard InChI is InChI=1S/C22H28N4O.ClH/c1-15-5-7-18(8-6-15)26-20-4-2-3-19(20)21(24-26)22(27)25-11-9-16-13-23-14-17(16)10-12-25;/h5-8,16-17,23H,2-4,9-14H2,1H3;1H/t16-,17+;. The molecular formula is C22H29ClN4O. The number of aromatic nitrogens is 2. The van der Waals surface area contributed by atoms with Gasteiger partial charge in [0.2, 0.25) is 0 Å². The number of rotatable bonds is 2. The second-order valence-corrected chi connectivity index (χ2v) is 8.42. The lowest BCUT2D eigenvalue weighted by Gasteiger charge is -2.20. The summed E-state index contributed by atoms with van der Waals surface area (Å²) >= 11 is 0. The van der Waals surface area contributed by atoms with Gasteiger partial charge in [-0.05, 0) is 76.1 Å². The molecule has 0 unspecified atom stereocenters. The van der Waals surface area contributed by atoms with E-state index in [9.17, 15) is 4.79 Å². The Bertz CT molecular complexity index is 846. The topological polar surface area (TPSA) is 50.2 Å². The van der Waals surface area contributed by atoms with Crippen LogP contribution in [0.4, 0.5) is 0 Å². The fraction of sp³-hybridized carbons (Fsp3) is 0.545. The molecule has 0 saturated carbocycles. The number of hydrogen-bond donors (Lipinski definition) is 1. The van der Waals surface area contributed by atoms with E-state index in [1.165, 1.54) is 16.8 Å². The Morgan fingerprint density at radius 3 is 2.43 bits per heavy atom. The van der Waals surface area contributed by atoms with Crippen molar-refractivity contribution < 1.29 is 4.79 Å². The lowest BCUT2D eigenvalue weighted by atomic mass is 9.92. The van der Waals surface area contributed by atoms with Crippen molar-refractivity contribution in [3.05, 3.63) is 46.8 Å². The van der Waals surface area contributed by atoms with Crippen molar-refractivity contribution in [1.29, 1.82) is 0 Å². The summed E-state index contributed by atoms with van der Waals surface area (Å²) in [5, 5.41) is 8.33. The minimum absolute atomic E-state index is 0. The van der Waals surface area contributed by atoms with Crippen molar-refractivity contribution >= 4 is 18.3 Å². The Morgan fingerprint density at radius 2 is 1.75 bits per heavy atom. The first-order valence-electron chi connectivity index (χ1n) is 10.4. The third-order valence-electron chi connectivity index (χ3n) is 6.72. The molecule has 3 heterocycles. The van der Waals surface area contributed by atoms with Crippen LogP contribution in [0.15, 0.2) is 24.3 Å². The van der Waals surface area contributed by atoms with Gasteiger partial charge >= 0.3 is 0 Å². The molecule has 1 amide bonds. The first kappa shape index (κ1) is 19.5. The van der Waals surface area contributed by atoms with Gasteiger partial charge in [0.15, 0.2) is 5.69 Å².